The number of nitrogens with one attached hydrogen (secondary N) is 3. The van der Waals surface area contributed by atoms with E-state index in [2.05, 4.69) is 20.9 Å². The standard InChI is InChI=1S/C22H25N5O2/c1-15(2)24-21(28)19-13-18(8-9-20(19)27-10-3-4-11-27)26-22(29)25-17-7-5-6-16(12-17)14-23/h5-9,12-13,15H,3-4,10-11H2,1-2H3,(H,24,28)(H2,25,26,29). The average molecular weight is 391 g/mol. The highest BCUT2D eigenvalue weighted by atomic mass is 16.2. The maximum atomic E-state index is 12.7. The lowest BCUT2D eigenvalue weighted by Crippen LogP contribution is -2.32. The van der Waals surface area contributed by atoms with E-state index in [4.69, 9.17) is 5.26 Å². The third-order valence-corrected chi connectivity index (χ3v) is 4.62. The number of carbonyl (C=O) groups is 2. The van der Waals surface area contributed by atoms with Crippen LogP contribution in [0.5, 0.6) is 0 Å². The molecule has 3 N–H and O–H groups in total. The highest BCUT2D eigenvalue weighted by molar-refractivity contribution is 6.04. The van der Waals surface area contributed by atoms with Crippen LogP contribution in [0.15, 0.2) is 42.5 Å². The zero-order valence-electron chi connectivity index (χ0n) is 16.7. The summed E-state index contributed by atoms with van der Waals surface area (Å²) in [6, 6.07) is 13.7. The number of anilines is 3. The maximum absolute atomic E-state index is 12.7. The molecular weight excluding hydrogens is 366 g/mol. The number of nitrogens with zero attached hydrogens (tertiary/aromatic N) is 2. The smallest absolute Gasteiger partial charge is 0.323 e. The fraction of sp³-hybridized carbons (Fsp3) is 0.318. The summed E-state index contributed by atoms with van der Waals surface area (Å²) in [5, 5.41) is 17.4. The van der Waals surface area contributed by atoms with Crippen LogP contribution >= 0.6 is 0 Å². The number of benzene rings is 2. The van der Waals surface area contributed by atoms with E-state index in [-0.39, 0.29) is 11.9 Å². The molecule has 29 heavy (non-hydrogen) atoms. The maximum Gasteiger partial charge on any atom is 0.323 e. The van der Waals surface area contributed by atoms with E-state index in [9.17, 15) is 9.59 Å². The lowest BCUT2D eigenvalue weighted by molar-refractivity contribution is 0.0943. The monoisotopic (exact) mass is 391 g/mol. The molecule has 7 nitrogen and oxygen atoms in total. The Morgan fingerprint density at radius 2 is 1.72 bits per heavy atom. The van der Waals surface area contributed by atoms with Gasteiger partial charge in [0.25, 0.3) is 5.91 Å². The molecular formula is C22H25N5O2. The second-order valence-electron chi connectivity index (χ2n) is 7.33. The SMILES string of the molecule is CC(C)NC(=O)c1cc(NC(=O)Nc2cccc(C#N)c2)ccc1N1CCCC1. The molecule has 0 atom stereocenters. The molecule has 1 aliphatic rings. The fourth-order valence-corrected chi connectivity index (χ4v) is 3.33. The molecule has 7 heteroatoms. The van der Waals surface area contributed by atoms with Crippen LogP contribution in [-0.2, 0) is 0 Å². The van der Waals surface area contributed by atoms with Gasteiger partial charge in [-0.3, -0.25) is 4.79 Å². The molecule has 0 radical (unpaired) electrons. The molecule has 150 valence electrons. The molecule has 3 amide bonds. The zero-order valence-corrected chi connectivity index (χ0v) is 16.7. The first-order chi connectivity index (χ1) is 14.0. The van der Waals surface area contributed by atoms with Gasteiger partial charge < -0.3 is 20.9 Å². The first-order valence-electron chi connectivity index (χ1n) is 9.74. The van der Waals surface area contributed by atoms with Crippen LogP contribution < -0.4 is 20.9 Å². The van der Waals surface area contributed by atoms with Crippen molar-refractivity contribution in [1.29, 1.82) is 5.26 Å². The van der Waals surface area contributed by atoms with Crippen LogP contribution in [0.1, 0.15) is 42.6 Å². The Morgan fingerprint density at radius 3 is 2.38 bits per heavy atom. The van der Waals surface area contributed by atoms with Crippen LogP contribution in [0.3, 0.4) is 0 Å². The van der Waals surface area contributed by atoms with Crippen molar-refractivity contribution in [3.05, 3.63) is 53.6 Å². The van der Waals surface area contributed by atoms with Gasteiger partial charge in [-0.05, 0) is 63.1 Å². The molecule has 0 saturated carbocycles. The third-order valence-electron chi connectivity index (χ3n) is 4.62. The zero-order chi connectivity index (χ0) is 20.8. The first-order valence-corrected chi connectivity index (χ1v) is 9.74. The van der Waals surface area contributed by atoms with Crippen LogP contribution in [0.2, 0.25) is 0 Å². The van der Waals surface area contributed by atoms with Crippen molar-refractivity contribution < 1.29 is 9.59 Å². The van der Waals surface area contributed by atoms with E-state index in [1.165, 1.54) is 0 Å². The van der Waals surface area contributed by atoms with Gasteiger partial charge in [-0.25, -0.2) is 4.79 Å². The fourth-order valence-electron chi connectivity index (χ4n) is 3.33. The van der Waals surface area contributed by atoms with E-state index >= 15 is 0 Å². The predicted molar refractivity (Wildman–Crippen MR) is 114 cm³/mol. The summed E-state index contributed by atoms with van der Waals surface area (Å²) in [7, 11) is 0. The summed E-state index contributed by atoms with van der Waals surface area (Å²) in [4.78, 5) is 27.3. The number of nitriles is 1. The summed E-state index contributed by atoms with van der Waals surface area (Å²) in [5.41, 5.74) is 2.94. The van der Waals surface area contributed by atoms with Crippen molar-refractivity contribution in [1.82, 2.24) is 5.32 Å². The van der Waals surface area contributed by atoms with Gasteiger partial charge in [0.1, 0.15) is 0 Å². The van der Waals surface area contributed by atoms with Crippen LogP contribution in [0, 0.1) is 11.3 Å². The van der Waals surface area contributed by atoms with Crippen molar-refractivity contribution in [2.45, 2.75) is 32.7 Å². The molecule has 1 aliphatic heterocycles. The molecule has 0 unspecified atom stereocenters. The largest absolute Gasteiger partial charge is 0.371 e. The van der Waals surface area contributed by atoms with Crippen molar-refractivity contribution in [2.75, 3.05) is 28.6 Å². The summed E-state index contributed by atoms with van der Waals surface area (Å²) < 4.78 is 0. The molecule has 0 aliphatic carbocycles. The molecule has 0 spiro atoms. The Bertz CT molecular complexity index is 942. The summed E-state index contributed by atoms with van der Waals surface area (Å²) in [5.74, 6) is -0.160. The highest BCUT2D eigenvalue weighted by Crippen LogP contribution is 2.28. The van der Waals surface area contributed by atoms with Crippen LogP contribution in [0.4, 0.5) is 21.9 Å². The number of hydrogen-bond acceptors (Lipinski definition) is 4. The van der Waals surface area contributed by atoms with Gasteiger partial charge in [-0.1, -0.05) is 6.07 Å². The lowest BCUT2D eigenvalue weighted by atomic mass is 10.1. The van der Waals surface area contributed by atoms with Gasteiger partial charge in [0.05, 0.1) is 17.2 Å². The number of rotatable bonds is 5. The van der Waals surface area contributed by atoms with Gasteiger partial charge in [0.2, 0.25) is 0 Å². The van der Waals surface area contributed by atoms with E-state index in [1.807, 2.05) is 26.0 Å². The van der Waals surface area contributed by atoms with Gasteiger partial charge >= 0.3 is 6.03 Å². The van der Waals surface area contributed by atoms with E-state index in [0.29, 0.717) is 22.5 Å². The van der Waals surface area contributed by atoms with Crippen LogP contribution in [-0.4, -0.2) is 31.1 Å². The summed E-state index contributed by atoms with van der Waals surface area (Å²) >= 11 is 0. The first kappa shape index (κ1) is 20.2. The second-order valence-corrected chi connectivity index (χ2v) is 7.33. The molecule has 1 fully saturated rings. The second kappa shape index (κ2) is 9.11. The van der Waals surface area contributed by atoms with E-state index < -0.39 is 6.03 Å². The van der Waals surface area contributed by atoms with Crippen molar-refractivity contribution in [2.24, 2.45) is 0 Å². The molecule has 3 rings (SSSR count). The molecule has 2 aromatic rings. The van der Waals surface area contributed by atoms with Crippen molar-refractivity contribution >= 4 is 29.0 Å². The quantitative estimate of drug-likeness (QED) is 0.719. The Kier molecular flexibility index (Phi) is 6.35. The highest BCUT2D eigenvalue weighted by Gasteiger charge is 2.21. The third kappa shape index (κ3) is 5.26. The Morgan fingerprint density at radius 1 is 1.03 bits per heavy atom. The lowest BCUT2D eigenvalue weighted by Gasteiger charge is -2.22. The summed E-state index contributed by atoms with van der Waals surface area (Å²) in [6.45, 7) is 5.67. The molecule has 2 aromatic carbocycles. The van der Waals surface area contributed by atoms with Crippen molar-refractivity contribution in [3.8, 4) is 6.07 Å². The number of hydrogen-bond donors (Lipinski definition) is 3. The van der Waals surface area contributed by atoms with Crippen molar-refractivity contribution in [3.63, 3.8) is 0 Å². The van der Waals surface area contributed by atoms with Gasteiger partial charge in [0.15, 0.2) is 0 Å². The number of amides is 3. The Labute approximate surface area is 170 Å². The Balaban J connectivity index is 1.78. The molecule has 1 saturated heterocycles. The summed E-state index contributed by atoms with van der Waals surface area (Å²) in [6.07, 6.45) is 2.21. The number of urea groups is 1. The van der Waals surface area contributed by atoms with Crippen LogP contribution in [0.25, 0.3) is 0 Å². The van der Waals surface area contributed by atoms with E-state index in [0.717, 1.165) is 31.6 Å². The average Bonchev–Trinajstić information content (AvgIpc) is 3.22. The van der Waals surface area contributed by atoms with E-state index in [1.54, 1.807) is 36.4 Å². The Hall–Kier alpha value is -3.53. The number of carbonyl (C=O) groups excluding carboxylic acids is 2. The predicted octanol–water partition coefficient (Wildman–Crippen LogP) is 3.94. The minimum atomic E-state index is -0.441. The molecule has 0 aromatic heterocycles. The molecule has 1 heterocycles. The van der Waals surface area contributed by atoms with Gasteiger partial charge in [-0.2, -0.15) is 5.26 Å². The minimum Gasteiger partial charge on any atom is -0.371 e. The normalized spacial score (nSPS) is 13.1. The van der Waals surface area contributed by atoms with Gasteiger partial charge in [0, 0.05) is 36.2 Å². The minimum absolute atomic E-state index is 0.0150. The topological polar surface area (TPSA) is 97.3 Å². The van der Waals surface area contributed by atoms with Gasteiger partial charge in [-0.15, -0.1) is 0 Å². The molecule has 0 bridgehead atoms.